The number of carboxylic acid groups (broad SMARTS) is 1. The lowest BCUT2D eigenvalue weighted by atomic mass is 9.95. The Morgan fingerprint density at radius 3 is 2.43 bits per heavy atom. The maximum Gasteiger partial charge on any atom is 0.313 e. The first-order valence-corrected chi connectivity index (χ1v) is 10.7. The monoisotopic (exact) mass is 402 g/mol. The third kappa shape index (κ3) is 3.61. The molecule has 0 aliphatic carbocycles. The highest BCUT2D eigenvalue weighted by Crippen LogP contribution is 2.55. The number of aromatic hydroxyl groups is 1. The van der Waals surface area contributed by atoms with Crippen LogP contribution in [0.15, 0.2) is 41.3 Å². The lowest BCUT2D eigenvalue weighted by Crippen LogP contribution is -2.35. The fourth-order valence-electron chi connectivity index (χ4n) is 3.46. The first-order valence-electron chi connectivity index (χ1n) is 8.65. The van der Waals surface area contributed by atoms with Gasteiger partial charge in [0.15, 0.2) is 5.78 Å². The van der Waals surface area contributed by atoms with Gasteiger partial charge >= 0.3 is 5.97 Å². The van der Waals surface area contributed by atoms with Crippen molar-refractivity contribution in [2.45, 2.75) is 18.7 Å². The van der Waals surface area contributed by atoms with E-state index in [-0.39, 0.29) is 22.8 Å². The molecule has 2 aromatic rings. The van der Waals surface area contributed by atoms with Crippen LogP contribution in [0, 0.1) is 19.8 Å². The van der Waals surface area contributed by atoms with E-state index in [1.807, 2.05) is 0 Å². The van der Waals surface area contributed by atoms with Gasteiger partial charge in [-0.1, -0.05) is 12.1 Å². The smallest absolute Gasteiger partial charge is 0.313 e. The third-order valence-electron chi connectivity index (χ3n) is 4.84. The van der Waals surface area contributed by atoms with Crippen molar-refractivity contribution < 1.29 is 24.6 Å². The molecule has 0 spiro atoms. The number of fused-ring (bicyclic) bond motifs is 1. The molecular weight excluding hydrogens is 380 g/mol. The van der Waals surface area contributed by atoms with Crippen LogP contribution < -0.4 is 10.5 Å². The molecule has 0 bridgehead atoms. The van der Waals surface area contributed by atoms with Crippen molar-refractivity contribution in [2.75, 3.05) is 16.8 Å². The van der Waals surface area contributed by atoms with Gasteiger partial charge in [0.05, 0.1) is 11.4 Å². The van der Waals surface area contributed by atoms with E-state index in [0.29, 0.717) is 21.7 Å². The van der Waals surface area contributed by atoms with Gasteiger partial charge in [-0.3, -0.25) is 19.5 Å². The fraction of sp³-hybridized carbons (Fsp3) is 0.250. The molecule has 0 fully saturated rings. The zero-order chi connectivity index (χ0) is 20.6. The highest BCUT2D eigenvalue weighted by Gasteiger charge is 2.40. The number of carbonyl (C=O) groups excluding carboxylic acids is 2. The molecule has 0 saturated heterocycles. The van der Waals surface area contributed by atoms with Gasteiger partial charge in [-0.25, -0.2) is 0 Å². The predicted molar refractivity (Wildman–Crippen MR) is 108 cm³/mol. The summed E-state index contributed by atoms with van der Waals surface area (Å²) in [5, 5.41) is 28.6. The summed E-state index contributed by atoms with van der Waals surface area (Å²) in [5.74, 6) is -3.44. The summed E-state index contributed by atoms with van der Waals surface area (Å²) in [7, 11) is -2.45. The molecule has 7 nitrogen and oxygen atoms in total. The number of amides is 1. The first kappa shape index (κ1) is 19.9. The number of aryl methyl sites for hydroxylation is 2. The minimum absolute atomic E-state index is 0.0556. The minimum atomic E-state index is -2.45. The Kier molecular flexibility index (Phi) is 5.18. The van der Waals surface area contributed by atoms with E-state index in [1.165, 1.54) is 12.1 Å². The molecule has 148 valence electrons. The number of carboxylic acids is 1. The molecule has 2 aromatic carbocycles. The van der Waals surface area contributed by atoms with Gasteiger partial charge in [0, 0.05) is 16.2 Å². The second-order valence-corrected chi connectivity index (χ2v) is 9.96. The van der Waals surface area contributed by atoms with Crippen molar-refractivity contribution >= 4 is 33.6 Å². The number of aliphatic carboxylic acids is 1. The Bertz CT molecular complexity index is 967. The number of nitrogens with two attached hydrogens (primary N) is 1. The van der Waals surface area contributed by atoms with Gasteiger partial charge < -0.3 is 15.5 Å². The van der Waals surface area contributed by atoms with Crippen molar-refractivity contribution in [3.05, 3.63) is 53.1 Å². The number of carbonyl (C=O) groups is 3. The highest BCUT2D eigenvalue weighted by molar-refractivity contribution is 8.32. The Morgan fingerprint density at radius 1 is 1.21 bits per heavy atom. The Labute approximate surface area is 164 Å². The number of hydrogen-bond acceptors (Lipinski definition) is 5. The number of nitrogens with one attached hydrogen (secondary N) is 1. The van der Waals surface area contributed by atoms with E-state index in [2.05, 4.69) is 5.32 Å². The molecule has 1 heterocycles. The zero-order valence-electron chi connectivity index (χ0n) is 15.6. The SMILES string of the molecule is Cc1cc(C(=O)[C@@H]2CS(N)(CC(=O)O)c3ccccc3NC2=O)cc(C)c1O. The van der Waals surface area contributed by atoms with E-state index < -0.39 is 33.8 Å². The van der Waals surface area contributed by atoms with Crippen LogP contribution in [-0.4, -0.2) is 39.4 Å². The van der Waals surface area contributed by atoms with E-state index in [1.54, 1.807) is 38.1 Å². The Morgan fingerprint density at radius 2 is 1.82 bits per heavy atom. The van der Waals surface area contributed by atoms with Crippen LogP contribution in [0.5, 0.6) is 5.75 Å². The van der Waals surface area contributed by atoms with E-state index in [9.17, 15) is 24.6 Å². The maximum atomic E-state index is 13.2. The number of hydrogen-bond donors (Lipinski definition) is 4. The highest BCUT2D eigenvalue weighted by atomic mass is 32.3. The first-order chi connectivity index (χ1) is 13.1. The average molecular weight is 402 g/mol. The number of benzene rings is 2. The van der Waals surface area contributed by atoms with Crippen molar-refractivity contribution in [3.63, 3.8) is 0 Å². The van der Waals surface area contributed by atoms with Gasteiger partial charge in [-0.05, 0) is 49.2 Å². The fourth-order valence-corrected chi connectivity index (χ4v) is 6.16. The number of para-hydroxylation sites is 1. The Hall–Kier alpha value is -2.84. The Balaban J connectivity index is 2.06. The molecule has 2 atom stereocenters. The summed E-state index contributed by atoms with van der Waals surface area (Å²) >= 11 is 0. The number of ketones is 1. The molecule has 5 N–H and O–H groups in total. The van der Waals surface area contributed by atoms with Gasteiger partial charge in [-0.15, -0.1) is 0 Å². The quantitative estimate of drug-likeness (QED) is 0.459. The average Bonchev–Trinajstić information content (AvgIpc) is 2.73. The lowest BCUT2D eigenvalue weighted by Gasteiger charge is -2.35. The molecule has 0 saturated carbocycles. The van der Waals surface area contributed by atoms with Crippen LogP contribution in [0.4, 0.5) is 5.69 Å². The summed E-state index contributed by atoms with van der Waals surface area (Å²) < 4.78 is 0. The van der Waals surface area contributed by atoms with Crippen molar-refractivity contribution in [1.82, 2.24) is 0 Å². The minimum Gasteiger partial charge on any atom is -0.507 e. The number of rotatable bonds is 4. The van der Waals surface area contributed by atoms with Crippen LogP contribution in [0.25, 0.3) is 0 Å². The van der Waals surface area contributed by atoms with Crippen molar-refractivity contribution in [1.29, 1.82) is 0 Å². The van der Waals surface area contributed by atoms with Crippen molar-refractivity contribution in [2.24, 2.45) is 11.1 Å². The second kappa shape index (κ2) is 7.29. The van der Waals surface area contributed by atoms with E-state index in [0.717, 1.165) is 0 Å². The molecule has 0 radical (unpaired) electrons. The van der Waals surface area contributed by atoms with Crippen LogP contribution in [0.1, 0.15) is 21.5 Å². The van der Waals surface area contributed by atoms with E-state index in [4.69, 9.17) is 5.14 Å². The van der Waals surface area contributed by atoms with Gasteiger partial charge in [-0.2, -0.15) is 10.2 Å². The van der Waals surface area contributed by atoms with Gasteiger partial charge in [0.25, 0.3) is 0 Å². The summed E-state index contributed by atoms with van der Waals surface area (Å²) in [4.78, 5) is 38.0. The lowest BCUT2D eigenvalue weighted by molar-refractivity contribution is -0.134. The number of anilines is 1. The molecule has 1 aliphatic rings. The molecule has 0 aromatic heterocycles. The molecule has 1 unspecified atom stereocenters. The third-order valence-corrected chi connectivity index (χ3v) is 7.76. The summed E-state index contributed by atoms with van der Waals surface area (Å²) in [5.41, 5.74) is 1.78. The predicted octanol–water partition coefficient (Wildman–Crippen LogP) is 2.58. The summed E-state index contributed by atoms with van der Waals surface area (Å²) in [6.45, 7) is 3.34. The zero-order valence-corrected chi connectivity index (χ0v) is 16.4. The normalized spacial score (nSPS) is 23.7. The molecule has 3 rings (SSSR count). The summed E-state index contributed by atoms with van der Waals surface area (Å²) in [6.07, 6.45) is 0. The molecule has 28 heavy (non-hydrogen) atoms. The second-order valence-electron chi connectivity index (χ2n) is 7.01. The standard InChI is InChI=1S/C20H22N2O5S/c1-11-7-13(8-12(2)18(11)25)19(26)14-9-28(21,10-17(23)24)16-6-4-3-5-15(16)22-20(14)27/h3-8,14,25H,9-10,21H2,1-2H3,(H,22,27)(H,23,24)/t14-/m0/s1. The van der Waals surface area contributed by atoms with Crippen LogP contribution in [0.2, 0.25) is 0 Å². The van der Waals surface area contributed by atoms with Crippen molar-refractivity contribution in [3.8, 4) is 5.75 Å². The molecule has 1 aliphatic heterocycles. The number of phenolic OH excluding ortho intramolecular Hbond substituents is 1. The number of phenols is 1. The molecule has 1 amide bonds. The molecular formula is C20H22N2O5S. The largest absolute Gasteiger partial charge is 0.507 e. The number of Topliss-reactive ketones (excluding diaryl/α,β-unsaturated/α-hetero) is 1. The summed E-state index contributed by atoms with van der Waals surface area (Å²) in [6, 6.07) is 9.87. The molecule has 8 heteroatoms. The van der Waals surface area contributed by atoms with Crippen LogP contribution >= 0.6 is 10.2 Å². The van der Waals surface area contributed by atoms with Crippen LogP contribution in [-0.2, 0) is 9.59 Å². The maximum absolute atomic E-state index is 13.2. The van der Waals surface area contributed by atoms with E-state index >= 15 is 0 Å². The van der Waals surface area contributed by atoms with Gasteiger partial charge in [0.2, 0.25) is 5.91 Å². The van der Waals surface area contributed by atoms with Gasteiger partial charge in [0.1, 0.15) is 11.7 Å². The van der Waals surface area contributed by atoms with Crippen LogP contribution in [0.3, 0.4) is 0 Å². The topological polar surface area (TPSA) is 130 Å².